The lowest BCUT2D eigenvalue weighted by Crippen LogP contribution is -2.39. The molecule has 3 aromatic rings. The van der Waals surface area contributed by atoms with E-state index in [0.717, 1.165) is 40.7 Å². The molecule has 188 valence electrons. The zero-order valence-electron chi connectivity index (χ0n) is 21.0. The Morgan fingerprint density at radius 2 is 1.83 bits per heavy atom. The van der Waals surface area contributed by atoms with E-state index in [2.05, 4.69) is 21.8 Å². The van der Waals surface area contributed by atoms with E-state index in [-0.39, 0.29) is 24.1 Å². The van der Waals surface area contributed by atoms with Crippen LogP contribution in [-0.4, -0.2) is 47.5 Å². The smallest absolute Gasteiger partial charge is 0.254 e. The van der Waals surface area contributed by atoms with E-state index in [4.69, 9.17) is 0 Å². The van der Waals surface area contributed by atoms with Gasteiger partial charge in [-0.05, 0) is 64.2 Å². The van der Waals surface area contributed by atoms with Gasteiger partial charge in [-0.3, -0.25) is 9.59 Å². The van der Waals surface area contributed by atoms with E-state index in [1.54, 1.807) is 4.31 Å². The van der Waals surface area contributed by atoms with Gasteiger partial charge in [0.2, 0.25) is 10.0 Å². The first-order valence-electron chi connectivity index (χ1n) is 12.0. The molecule has 9 heteroatoms. The molecule has 2 aromatic heterocycles. The second kappa shape index (κ2) is 9.62. The van der Waals surface area contributed by atoms with E-state index >= 15 is 0 Å². The van der Waals surface area contributed by atoms with Crippen LogP contribution in [0.2, 0.25) is 0 Å². The number of aromatic amines is 1. The van der Waals surface area contributed by atoms with Crippen molar-refractivity contribution in [1.29, 1.82) is 0 Å². The van der Waals surface area contributed by atoms with Crippen molar-refractivity contribution in [2.75, 3.05) is 19.3 Å². The summed E-state index contributed by atoms with van der Waals surface area (Å²) in [5.74, 6) is 0.0862. The number of H-pyrrole nitrogens is 1. The van der Waals surface area contributed by atoms with E-state index < -0.39 is 10.0 Å². The molecule has 4 rings (SSSR count). The van der Waals surface area contributed by atoms with Crippen LogP contribution < -0.4 is 10.9 Å². The number of hydrogen-bond donors (Lipinski definition) is 2. The van der Waals surface area contributed by atoms with Crippen molar-refractivity contribution < 1.29 is 13.2 Å². The summed E-state index contributed by atoms with van der Waals surface area (Å²) in [6.45, 7) is 9.00. The van der Waals surface area contributed by atoms with Crippen molar-refractivity contribution in [3.05, 3.63) is 68.8 Å². The van der Waals surface area contributed by atoms with Crippen LogP contribution >= 0.6 is 0 Å². The standard InChI is InChI=1S/C26H34N4O4S/c1-16-14-17(2)28-25(31)22(16)15-27-26(32)24-19(4)30(23-9-7-6-8-21(23)24)18(3)20-10-12-29(13-11-20)35(5,33)34/h6-9,14,18,20H,10-13,15H2,1-5H3,(H,27,32)(H,28,31)/t18-/m0/s1. The SMILES string of the molecule is Cc1cc(C)c(CNC(=O)c2c(C)n([C@@H](C)C3CCN(S(C)(=O)=O)CC3)c3ccccc23)c(=O)[nH]1. The summed E-state index contributed by atoms with van der Waals surface area (Å²) in [5.41, 5.74) is 4.47. The average Bonchev–Trinajstić information content (AvgIpc) is 3.09. The monoisotopic (exact) mass is 498 g/mol. The van der Waals surface area contributed by atoms with Crippen LogP contribution in [0, 0.1) is 26.7 Å². The van der Waals surface area contributed by atoms with Crippen LogP contribution in [0.4, 0.5) is 0 Å². The van der Waals surface area contributed by atoms with Gasteiger partial charge in [0.25, 0.3) is 11.5 Å². The molecule has 1 aliphatic rings. The quantitative estimate of drug-likeness (QED) is 0.543. The number of aryl methyl sites for hydroxylation is 2. The maximum absolute atomic E-state index is 13.4. The molecule has 35 heavy (non-hydrogen) atoms. The fourth-order valence-corrected chi connectivity index (χ4v) is 6.34. The predicted molar refractivity (Wildman–Crippen MR) is 138 cm³/mol. The van der Waals surface area contributed by atoms with Crippen LogP contribution in [0.1, 0.15) is 58.7 Å². The molecule has 1 aromatic carbocycles. The van der Waals surface area contributed by atoms with Gasteiger partial charge in [0.1, 0.15) is 0 Å². The van der Waals surface area contributed by atoms with Gasteiger partial charge in [-0.15, -0.1) is 0 Å². The maximum atomic E-state index is 13.4. The average molecular weight is 499 g/mol. The molecule has 0 spiro atoms. The summed E-state index contributed by atoms with van der Waals surface area (Å²) in [4.78, 5) is 28.6. The molecule has 1 aliphatic heterocycles. The summed E-state index contributed by atoms with van der Waals surface area (Å²) < 4.78 is 27.6. The van der Waals surface area contributed by atoms with Gasteiger partial charge in [-0.2, -0.15) is 0 Å². The Morgan fingerprint density at radius 1 is 1.17 bits per heavy atom. The Hall–Kier alpha value is -2.91. The molecule has 1 atom stereocenters. The molecule has 1 amide bonds. The van der Waals surface area contributed by atoms with Crippen molar-refractivity contribution in [2.24, 2.45) is 5.92 Å². The first-order chi connectivity index (χ1) is 16.5. The summed E-state index contributed by atoms with van der Waals surface area (Å²) >= 11 is 0. The molecular weight excluding hydrogens is 464 g/mol. The Labute approximate surface area is 206 Å². The van der Waals surface area contributed by atoms with Crippen molar-refractivity contribution in [2.45, 2.75) is 53.1 Å². The van der Waals surface area contributed by atoms with E-state index in [1.165, 1.54) is 6.26 Å². The summed E-state index contributed by atoms with van der Waals surface area (Å²) in [5, 5.41) is 3.83. The predicted octanol–water partition coefficient (Wildman–Crippen LogP) is 3.42. The number of sulfonamides is 1. The van der Waals surface area contributed by atoms with Gasteiger partial charge >= 0.3 is 0 Å². The molecular formula is C26H34N4O4S. The number of rotatable bonds is 6. The van der Waals surface area contributed by atoms with Crippen molar-refractivity contribution in [3.8, 4) is 0 Å². The van der Waals surface area contributed by atoms with Gasteiger partial charge in [0.15, 0.2) is 0 Å². The number of nitrogens with zero attached hydrogens (tertiary/aromatic N) is 2. The lowest BCUT2D eigenvalue weighted by atomic mass is 9.91. The number of pyridine rings is 1. The molecule has 1 fully saturated rings. The molecule has 0 bridgehead atoms. The fourth-order valence-electron chi connectivity index (χ4n) is 5.46. The Morgan fingerprint density at radius 3 is 2.46 bits per heavy atom. The highest BCUT2D eigenvalue weighted by Gasteiger charge is 2.31. The number of hydrogen-bond acceptors (Lipinski definition) is 4. The number of amides is 1. The van der Waals surface area contributed by atoms with Crippen molar-refractivity contribution in [1.82, 2.24) is 19.2 Å². The van der Waals surface area contributed by atoms with Gasteiger partial charge < -0.3 is 14.9 Å². The Kier molecular flexibility index (Phi) is 6.92. The highest BCUT2D eigenvalue weighted by Crippen LogP contribution is 2.36. The highest BCUT2D eigenvalue weighted by atomic mass is 32.2. The molecule has 0 saturated carbocycles. The number of fused-ring (bicyclic) bond motifs is 1. The minimum Gasteiger partial charge on any atom is -0.348 e. The number of carbonyl (C=O) groups is 1. The van der Waals surface area contributed by atoms with Gasteiger partial charge in [-0.1, -0.05) is 18.2 Å². The van der Waals surface area contributed by atoms with Crippen LogP contribution in [-0.2, 0) is 16.6 Å². The molecule has 3 heterocycles. The second-order valence-corrected chi connectivity index (χ2v) is 11.7. The lowest BCUT2D eigenvalue weighted by molar-refractivity contribution is 0.0951. The van der Waals surface area contributed by atoms with E-state index in [1.807, 2.05) is 51.1 Å². The second-order valence-electron chi connectivity index (χ2n) is 9.71. The molecule has 8 nitrogen and oxygen atoms in total. The molecule has 1 saturated heterocycles. The maximum Gasteiger partial charge on any atom is 0.254 e. The lowest BCUT2D eigenvalue weighted by Gasteiger charge is -2.35. The third-order valence-corrected chi connectivity index (χ3v) is 8.66. The van der Waals surface area contributed by atoms with Crippen molar-refractivity contribution >= 4 is 26.8 Å². The number of nitrogens with one attached hydrogen (secondary N) is 2. The number of piperidine rings is 1. The molecule has 0 unspecified atom stereocenters. The van der Waals surface area contributed by atoms with Gasteiger partial charge in [0.05, 0.1) is 11.8 Å². The Balaban J connectivity index is 1.62. The van der Waals surface area contributed by atoms with Crippen LogP contribution in [0.25, 0.3) is 10.9 Å². The molecule has 0 aliphatic carbocycles. The summed E-state index contributed by atoms with van der Waals surface area (Å²) in [7, 11) is -3.18. The number of carbonyl (C=O) groups excluding carboxylic acids is 1. The number of para-hydroxylation sites is 1. The first kappa shape index (κ1) is 25.2. The van der Waals surface area contributed by atoms with E-state index in [0.29, 0.717) is 30.1 Å². The molecule has 2 N–H and O–H groups in total. The normalized spacial score (nSPS) is 16.5. The van der Waals surface area contributed by atoms with Crippen molar-refractivity contribution in [3.63, 3.8) is 0 Å². The minimum absolute atomic E-state index is 0.102. The third-order valence-electron chi connectivity index (χ3n) is 7.36. The largest absolute Gasteiger partial charge is 0.348 e. The van der Waals surface area contributed by atoms with Gasteiger partial charge in [0, 0.05) is 53.5 Å². The molecule has 0 radical (unpaired) electrons. The topological polar surface area (TPSA) is 104 Å². The van der Waals surface area contributed by atoms with Gasteiger partial charge in [-0.25, -0.2) is 12.7 Å². The minimum atomic E-state index is -3.18. The number of benzene rings is 1. The summed E-state index contributed by atoms with van der Waals surface area (Å²) in [6, 6.07) is 9.87. The first-order valence-corrected chi connectivity index (χ1v) is 13.9. The van der Waals surface area contributed by atoms with Crippen LogP contribution in [0.15, 0.2) is 35.1 Å². The fraction of sp³-hybridized carbons (Fsp3) is 0.462. The zero-order valence-corrected chi connectivity index (χ0v) is 21.8. The van der Waals surface area contributed by atoms with Crippen LogP contribution in [0.3, 0.4) is 0 Å². The third kappa shape index (κ3) is 4.92. The van der Waals surface area contributed by atoms with E-state index in [9.17, 15) is 18.0 Å². The highest BCUT2D eigenvalue weighted by molar-refractivity contribution is 7.88. The summed E-state index contributed by atoms with van der Waals surface area (Å²) in [6.07, 6.45) is 2.81. The number of aromatic nitrogens is 2. The Bertz CT molecular complexity index is 1430. The zero-order chi connectivity index (χ0) is 25.5. The van der Waals surface area contributed by atoms with Crippen LogP contribution in [0.5, 0.6) is 0 Å².